The molecule has 1 N–H and O–H groups in total. The molecule has 0 saturated heterocycles. The SMILES string of the molecule is Cc1ccc2c(-c3nnc(SCCCC4CCc5cc6nc(C(C)(C)C)oc6cc5NC4)n3C)cccc2n1. The quantitative estimate of drug-likeness (QED) is 0.178. The second-order valence-electron chi connectivity index (χ2n) is 11.7. The molecule has 1 aliphatic heterocycles. The number of nitrogens with zero attached hydrogens (tertiary/aromatic N) is 5. The largest absolute Gasteiger partial charge is 0.440 e. The first-order valence-corrected chi connectivity index (χ1v) is 14.8. The van der Waals surface area contributed by atoms with E-state index in [0.29, 0.717) is 5.92 Å². The van der Waals surface area contributed by atoms with Crippen LogP contribution in [0.5, 0.6) is 0 Å². The van der Waals surface area contributed by atoms with Crippen molar-refractivity contribution in [3.8, 4) is 11.4 Å². The van der Waals surface area contributed by atoms with E-state index in [1.54, 1.807) is 11.8 Å². The maximum absolute atomic E-state index is 6.08. The van der Waals surface area contributed by atoms with Crippen molar-refractivity contribution in [3.63, 3.8) is 0 Å². The highest BCUT2D eigenvalue weighted by molar-refractivity contribution is 7.99. The fourth-order valence-corrected chi connectivity index (χ4v) is 6.21. The lowest BCUT2D eigenvalue weighted by molar-refractivity contribution is 0.411. The Hall–Kier alpha value is -3.39. The number of thioether (sulfide) groups is 1. The number of aryl methyl sites for hydroxylation is 2. The van der Waals surface area contributed by atoms with Gasteiger partial charge in [0.05, 0.1) is 5.52 Å². The summed E-state index contributed by atoms with van der Waals surface area (Å²) in [6, 6.07) is 14.7. The Kier molecular flexibility index (Phi) is 6.83. The molecule has 0 spiro atoms. The molecule has 39 heavy (non-hydrogen) atoms. The highest BCUT2D eigenvalue weighted by Crippen LogP contribution is 2.34. The van der Waals surface area contributed by atoms with E-state index in [0.717, 1.165) is 75.3 Å². The molecule has 1 aliphatic rings. The van der Waals surface area contributed by atoms with Gasteiger partial charge in [0.1, 0.15) is 5.52 Å². The number of nitrogens with one attached hydrogen (secondary N) is 1. The first kappa shape index (κ1) is 25.9. The minimum Gasteiger partial charge on any atom is -0.440 e. The van der Waals surface area contributed by atoms with Gasteiger partial charge in [-0.1, -0.05) is 50.7 Å². The number of benzene rings is 2. The Morgan fingerprint density at radius 3 is 2.79 bits per heavy atom. The Morgan fingerprint density at radius 2 is 1.95 bits per heavy atom. The molecule has 7 nitrogen and oxygen atoms in total. The Bertz CT molecular complexity index is 1600. The first-order chi connectivity index (χ1) is 18.8. The van der Waals surface area contributed by atoms with Crippen LogP contribution in [0, 0.1) is 12.8 Å². The molecule has 8 heteroatoms. The Morgan fingerprint density at radius 1 is 1.08 bits per heavy atom. The smallest absolute Gasteiger partial charge is 0.200 e. The summed E-state index contributed by atoms with van der Waals surface area (Å²) in [5.74, 6) is 3.35. The molecule has 0 aliphatic carbocycles. The third-order valence-electron chi connectivity index (χ3n) is 7.59. The third-order valence-corrected chi connectivity index (χ3v) is 8.70. The molecule has 1 unspecified atom stereocenters. The lowest BCUT2D eigenvalue weighted by atomic mass is 9.96. The van der Waals surface area contributed by atoms with Crippen LogP contribution in [-0.2, 0) is 18.9 Å². The summed E-state index contributed by atoms with van der Waals surface area (Å²) in [7, 11) is 2.06. The summed E-state index contributed by atoms with van der Waals surface area (Å²) in [5.41, 5.74) is 7.37. The second-order valence-corrected chi connectivity index (χ2v) is 12.8. The van der Waals surface area contributed by atoms with E-state index in [4.69, 9.17) is 9.40 Å². The van der Waals surface area contributed by atoms with E-state index in [-0.39, 0.29) is 5.41 Å². The average Bonchev–Trinajstić information content (AvgIpc) is 3.43. The summed E-state index contributed by atoms with van der Waals surface area (Å²) in [5, 5.41) is 14.8. The number of pyridine rings is 1. The highest BCUT2D eigenvalue weighted by Gasteiger charge is 2.23. The molecule has 6 rings (SSSR count). The molecule has 2 aromatic carbocycles. The van der Waals surface area contributed by atoms with Gasteiger partial charge in [-0.05, 0) is 62.3 Å². The zero-order valence-electron chi connectivity index (χ0n) is 23.4. The highest BCUT2D eigenvalue weighted by atomic mass is 32.2. The molecule has 5 aromatic rings. The van der Waals surface area contributed by atoms with Crippen molar-refractivity contribution in [2.75, 3.05) is 17.6 Å². The summed E-state index contributed by atoms with van der Waals surface area (Å²) in [6.45, 7) is 9.42. The molecule has 4 heterocycles. The summed E-state index contributed by atoms with van der Waals surface area (Å²) in [4.78, 5) is 9.44. The van der Waals surface area contributed by atoms with E-state index in [2.05, 4.69) is 89.3 Å². The van der Waals surface area contributed by atoms with Crippen molar-refractivity contribution in [1.82, 2.24) is 24.7 Å². The van der Waals surface area contributed by atoms with Crippen molar-refractivity contribution in [1.29, 1.82) is 0 Å². The molecule has 0 radical (unpaired) electrons. The lowest BCUT2D eigenvalue weighted by Crippen LogP contribution is -2.12. The normalized spacial score (nSPS) is 15.9. The third kappa shape index (κ3) is 5.26. The molecule has 0 bridgehead atoms. The van der Waals surface area contributed by atoms with Crippen molar-refractivity contribution in [2.45, 2.75) is 63.9 Å². The van der Waals surface area contributed by atoms with Crippen LogP contribution >= 0.6 is 11.8 Å². The van der Waals surface area contributed by atoms with Crippen LogP contribution in [0.4, 0.5) is 5.69 Å². The van der Waals surface area contributed by atoms with Crippen LogP contribution in [0.25, 0.3) is 33.4 Å². The van der Waals surface area contributed by atoms with Gasteiger partial charge in [-0.25, -0.2) is 4.98 Å². The predicted molar refractivity (Wildman–Crippen MR) is 159 cm³/mol. The van der Waals surface area contributed by atoms with Crippen LogP contribution in [0.1, 0.15) is 57.2 Å². The minimum absolute atomic E-state index is 0.0912. The Balaban J connectivity index is 1.05. The van der Waals surface area contributed by atoms with Gasteiger partial charge in [-0.15, -0.1) is 10.2 Å². The van der Waals surface area contributed by atoms with Gasteiger partial charge in [0.2, 0.25) is 5.89 Å². The topological polar surface area (TPSA) is 81.7 Å². The van der Waals surface area contributed by atoms with Gasteiger partial charge in [0, 0.05) is 53.2 Å². The van der Waals surface area contributed by atoms with Gasteiger partial charge >= 0.3 is 0 Å². The van der Waals surface area contributed by atoms with Crippen molar-refractivity contribution < 1.29 is 4.42 Å². The number of oxazole rings is 1. The van der Waals surface area contributed by atoms with E-state index in [1.807, 2.05) is 13.0 Å². The van der Waals surface area contributed by atoms with E-state index in [9.17, 15) is 0 Å². The number of hydrogen-bond acceptors (Lipinski definition) is 7. The number of rotatable bonds is 6. The van der Waals surface area contributed by atoms with Crippen LogP contribution in [-0.4, -0.2) is 37.0 Å². The fourth-order valence-electron chi connectivity index (χ4n) is 5.33. The maximum Gasteiger partial charge on any atom is 0.200 e. The standard InChI is InChI=1S/C31H36N6OS/c1-19-11-14-22-23(9-6-10-24(22)33-19)28-35-36-30(37(28)5)39-15-7-8-20-12-13-21-16-26-27(17-25(21)32-18-20)38-29(34-26)31(2,3)4/h6,9-11,14,16-17,20,32H,7-8,12-13,15,18H2,1-5H3. The number of anilines is 1. The monoisotopic (exact) mass is 540 g/mol. The van der Waals surface area contributed by atoms with E-state index >= 15 is 0 Å². The molecule has 1 atom stereocenters. The number of hydrogen-bond donors (Lipinski definition) is 1. The van der Waals surface area contributed by atoms with Gasteiger partial charge < -0.3 is 14.3 Å². The van der Waals surface area contributed by atoms with Gasteiger partial charge in [0.25, 0.3) is 0 Å². The molecular weight excluding hydrogens is 504 g/mol. The predicted octanol–water partition coefficient (Wildman–Crippen LogP) is 7.32. The number of fused-ring (bicyclic) bond motifs is 3. The molecule has 202 valence electrons. The van der Waals surface area contributed by atoms with Crippen molar-refractivity contribution >= 4 is 39.5 Å². The van der Waals surface area contributed by atoms with Gasteiger partial charge in [0.15, 0.2) is 16.6 Å². The molecule has 0 amide bonds. The van der Waals surface area contributed by atoms with Crippen molar-refractivity contribution in [3.05, 3.63) is 59.6 Å². The molecule has 0 saturated carbocycles. The fraction of sp³-hybridized carbons (Fsp3) is 0.419. The first-order valence-electron chi connectivity index (χ1n) is 13.8. The van der Waals surface area contributed by atoms with Crippen LogP contribution < -0.4 is 5.32 Å². The molecular formula is C31H36N6OS. The van der Waals surface area contributed by atoms with Gasteiger partial charge in [-0.2, -0.15) is 0 Å². The van der Waals surface area contributed by atoms with Crippen LogP contribution in [0.2, 0.25) is 0 Å². The average molecular weight is 541 g/mol. The van der Waals surface area contributed by atoms with Gasteiger partial charge in [-0.3, -0.25) is 4.98 Å². The number of aromatic nitrogens is 5. The maximum atomic E-state index is 6.08. The molecule has 3 aromatic heterocycles. The summed E-state index contributed by atoms with van der Waals surface area (Å²) < 4.78 is 8.19. The molecule has 0 fully saturated rings. The zero-order chi connectivity index (χ0) is 27.1. The van der Waals surface area contributed by atoms with E-state index in [1.165, 1.54) is 24.1 Å². The van der Waals surface area contributed by atoms with Crippen molar-refractivity contribution in [2.24, 2.45) is 13.0 Å². The Labute approximate surface area is 233 Å². The summed E-state index contributed by atoms with van der Waals surface area (Å²) >= 11 is 1.79. The van der Waals surface area contributed by atoms with Crippen LogP contribution in [0.3, 0.4) is 0 Å². The summed E-state index contributed by atoms with van der Waals surface area (Å²) in [6.07, 6.45) is 4.59. The lowest BCUT2D eigenvalue weighted by Gasteiger charge is -2.14. The zero-order valence-corrected chi connectivity index (χ0v) is 24.2. The second kappa shape index (κ2) is 10.3. The minimum atomic E-state index is -0.0912. The van der Waals surface area contributed by atoms with Crippen LogP contribution in [0.15, 0.2) is 52.0 Å². The van der Waals surface area contributed by atoms with E-state index < -0.39 is 0 Å².